The van der Waals surface area contributed by atoms with Gasteiger partial charge in [0.2, 0.25) is 0 Å². The highest BCUT2D eigenvalue weighted by Crippen LogP contribution is 2.33. The summed E-state index contributed by atoms with van der Waals surface area (Å²) in [5.41, 5.74) is 0.935. The van der Waals surface area contributed by atoms with E-state index in [4.69, 9.17) is 9.47 Å². The van der Waals surface area contributed by atoms with Gasteiger partial charge in [-0.15, -0.1) is 0 Å². The predicted octanol–water partition coefficient (Wildman–Crippen LogP) is 1.60. The largest absolute Gasteiger partial charge is 0.492 e. The number of halogens is 1. The Hall–Kier alpha value is -1.29. The fourth-order valence-corrected chi connectivity index (χ4v) is 1.45. The number of benzene rings is 1. The first-order valence-corrected chi connectivity index (χ1v) is 4.78. The summed E-state index contributed by atoms with van der Waals surface area (Å²) in [4.78, 5) is 0. The molecular weight excluding hydrogens is 197 g/mol. The first-order chi connectivity index (χ1) is 7.24. The number of nitrogens with one attached hydrogen (secondary N) is 1. The Morgan fingerprint density at radius 1 is 1.20 bits per heavy atom. The van der Waals surface area contributed by atoms with E-state index in [1.165, 1.54) is 20.3 Å². The highest BCUT2D eigenvalue weighted by atomic mass is 19.1. The zero-order valence-electron chi connectivity index (χ0n) is 9.26. The Morgan fingerprint density at radius 3 is 2.40 bits per heavy atom. The Bertz CT molecular complexity index is 329. The van der Waals surface area contributed by atoms with Crippen molar-refractivity contribution in [2.45, 2.75) is 6.42 Å². The van der Waals surface area contributed by atoms with Crippen molar-refractivity contribution in [3.8, 4) is 11.5 Å². The SMILES string of the molecule is CNCCc1ccc(F)c(OC)c1OC. The highest BCUT2D eigenvalue weighted by Gasteiger charge is 2.14. The summed E-state index contributed by atoms with van der Waals surface area (Å²) in [5, 5.41) is 3.03. The molecule has 0 amide bonds. The maximum Gasteiger partial charge on any atom is 0.197 e. The number of rotatable bonds is 5. The van der Waals surface area contributed by atoms with E-state index in [9.17, 15) is 4.39 Å². The van der Waals surface area contributed by atoms with Gasteiger partial charge in [0.15, 0.2) is 17.3 Å². The van der Waals surface area contributed by atoms with Gasteiger partial charge in [0.1, 0.15) is 0 Å². The van der Waals surface area contributed by atoms with Crippen LogP contribution in [-0.4, -0.2) is 27.8 Å². The number of likely N-dealkylation sites (N-methyl/N-ethyl adjacent to an activating group) is 1. The lowest BCUT2D eigenvalue weighted by Gasteiger charge is -2.13. The predicted molar refractivity (Wildman–Crippen MR) is 57.1 cm³/mol. The Balaban J connectivity index is 3.05. The van der Waals surface area contributed by atoms with E-state index in [0.717, 1.165) is 18.5 Å². The smallest absolute Gasteiger partial charge is 0.197 e. The van der Waals surface area contributed by atoms with Crippen molar-refractivity contribution in [3.63, 3.8) is 0 Å². The fourth-order valence-electron chi connectivity index (χ4n) is 1.45. The normalized spacial score (nSPS) is 10.1. The van der Waals surface area contributed by atoms with E-state index >= 15 is 0 Å². The fraction of sp³-hybridized carbons (Fsp3) is 0.455. The van der Waals surface area contributed by atoms with E-state index < -0.39 is 5.82 Å². The molecule has 0 aliphatic heterocycles. The van der Waals surface area contributed by atoms with Gasteiger partial charge in [0.05, 0.1) is 14.2 Å². The molecule has 0 saturated carbocycles. The van der Waals surface area contributed by atoms with E-state index in [1.54, 1.807) is 6.07 Å². The molecule has 0 aliphatic carbocycles. The lowest BCUT2D eigenvalue weighted by molar-refractivity contribution is 0.334. The monoisotopic (exact) mass is 213 g/mol. The average molecular weight is 213 g/mol. The highest BCUT2D eigenvalue weighted by molar-refractivity contribution is 5.47. The minimum absolute atomic E-state index is 0.172. The minimum atomic E-state index is -0.400. The molecule has 0 aliphatic rings. The molecule has 0 bridgehead atoms. The van der Waals surface area contributed by atoms with Gasteiger partial charge in [-0.3, -0.25) is 0 Å². The molecule has 0 heterocycles. The first kappa shape index (κ1) is 11.8. The standard InChI is InChI=1S/C11H16FNO2/c1-13-7-6-8-4-5-9(12)11(15-3)10(8)14-2/h4-5,13H,6-7H2,1-3H3. The van der Waals surface area contributed by atoms with Crippen molar-refractivity contribution in [2.75, 3.05) is 27.8 Å². The molecule has 0 unspecified atom stereocenters. The summed E-state index contributed by atoms with van der Waals surface area (Å²) in [6, 6.07) is 3.11. The molecule has 0 atom stereocenters. The van der Waals surface area contributed by atoms with Gasteiger partial charge in [0, 0.05) is 0 Å². The molecule has 1 rings (SSSR count). The number of hydrogen-bond donors (Lipinski definition) is 1. The quantitative estimate of drug-likeness (QED) is 0.806. The number of ether oxygens (including phenoxy) is 2. The van der Waals surface area contributed by atoms with Gasteiger partial charge in [-0.05, 0) is 31.6 Å². The molecule has 3 nitrogen and oxygen atoms in total. The summed E-state index contributed by atoms with van der Waals surface area (Å²) >= 11 is 0. The maximum atomic E-state index is 13.3. The summed E-state index contributed by atoms with van der Waals surface area (Å²) < 4.78 is 23.4. The first-order valence-electron chi connectivity index (χ1n) is 4.78. The van der Waals surface area contributed by atoms with Crippen LogP contribution in [0.4, 0.5) is 4.39 Å². The van der Waals surface area contributed by atoms with Crippen molar-refractivity contribution >= 4 is 0 Å². The van der Waals surface area contributed by atoms with Gasteiger partial charge in [-0.1, -0.05) is 6.07 Å². The van der Waals surface area contributed by atoms with Gasteiger partial charge in [0.25, 0.3) is 0 Å². The molecule has 0 radical (unpaired) electrons. The van der Waals surface area contributed by atoms with Crippen LogP contribution < -0.4 is 14.8 Å². The zero-order valence-corrected chi connectivity index (χ0v) is 9.26. The Kier molecular flexibility index (Phi) is 4.37. The molecule has 0 saturated heterocycles. The van der Waals surface area contributed by atoms with E-state index in [-0.39, 0.29) is 5.75 Å². The van der Waals surface area contributed by atoms with Crippen molar-refractivity contribution in [1.29, 1.82) is 0 Å². The van der Waals surface area contributed by atoms with Crippen LogP contribution in [0.3, 0.4) is 0 Å². The molecule has 84 valence electrons. The van der Waals surface area contributed by atoms with Crippen LogP contribution in [-0.2, 0) is 6.42 Å². The van der Waals surface area contributed by atoms with Crippen LogP contribution in [0.25, 0.3) is 0 Å². The lowest BCUT2D eigenvalue weighted by atomic mass is 10.1. The minimum Gasteiger partial charge on any atom is -0.492 e. The van der Waals surface area contributed by atoms with Crippen LogP contribution >= 0.6 is 0 Å². The third-order valence-corrected chi connectivity index (χ3v) is 2.20. The molecule has 1 aromatic rings. The molecule has 4 heteroatoms. The maximum absolute atomic E-state index is 13.3. The van der Waals surface area contributed by atoms with Crippen molar-refractivity contribution in [1.82, 2.24) is 5.32 Å². The van der Waals surface area contributed by atoms with Gasteiger partial charge in [-0.25, -0.2) is 4.39 Å². The van der Waals surface area contributed by atoms with Crippen molar-refractivity contribution in [2.24, 2.45) is 0 Å². The molecule has 15 heavy (non-hydrogen) atoms. The summed E-state index contributed by atoms with van der Waals surface area (Å²) in [7, 11) is 4.82. The second-order valence-electron chi connectivity index (χ2n) is 3.13. The van der Waals surface area contributed by atoms with E-state index in [1.807, 2.05) is 7.05 Å². The summed E-state index contributed by atoms with van der Waals surface area (Å²) in [6.07, 6.45) is 0.774. The van der Waals surface area contributed by atoms with E-state index in [0.29, 0.717) is 5.75 Å². The van der Waals surface area contributed by atoms with Crippen LogP contribution in [0.5, 0.6) is 11.5 Å². The number of methoxy groups -OCH3 is 2. The number of hydrogen-bond acceptors (Lipinski definition) is 3. The van der Waals surface area contributed by atoms with Crippen LogP contribution in [0.2, 0.25) is 0 Å². The second-order valence-corrected chi connectivity index (χ2v) is 3.13. The van der Waals surface area contributed by atoms with Crippen LogP contribution in [0, 0.1) is 5.82 Å². The molecular formula is C11H16FNO2. The van der Waals surface area contributed by atoms with E-state index in [2.05, 4.69) is 5.32 Å². The van der Waals surface area contributed by atoms with Gasteiger partial charge < -0.3 is 14.8 Å². The van der Waals surface area contributed by atoms with Crippen LogP contribution in [0.1, 0.15) is 5.56 Å². The zero-order chi connectivity index (χ0) is 11.3. The van der Waals surface area contributed by atoms with Gasteiger partial charge >= 0.3 is 0 Å². The second kappa shape index (κ2) is 5.56. The Morgan fingerprint density at radius 2 is 1.87 bits per heavy atom. The molecule has 0 fully saturated rings. The molecule has 1 aromatic carbocycles. The Labute approximate surface area is 89.2 Å². The third-order valence-electron chi connectivity index (χ3n) is 2.20. The van der Waals surface area contributed by atoms with Crippen molar-refractivity contribution in [3.05, 3.63) is 23.5 Å². The topological polar surface area (TPSA) is 30.5 Å². The molecule has 0 aromatic heterocycles. The summed E-state index contributed by atoms with van der Waals surface area (Å²) in [6.45, 7) is 0.811. The average Bonchev–Trinajstić information content (AvgIpc) is 2.26. The third kappa shape index (κ3) is 2.59. The lowest BCUT2D eigenvalue weighted by Crippen LogP contribution is -2.11. The molecule has 0 spiro atoms. The van der Waals surface area contributed by atoms with Crippen molar-refractivity contribution < 1.29 is 13.9 Å². The summed E-state index contributed by atoms with van der Waals surface area (Å²) in [5.74, 6) is 0.251. The molecule has 1 N–H and O–H groups in total. The van der Waals surface area contributed by atoms with Crippen LogP contribution in [0.15, 0.2) is 12.1 Å². The van der Waals surface area contributed by atoms with Gasteiger partial charge in [-0.2, -0.15) is 0 Å².